The second-order valence-corrected chi connectivity index (χ2v) is 11.1. The van der Waals surface area contributed by atoms with Crippen LogP contribution in [0.3, 0.4) is 0 Å². The summed E-state index contributed by atoms with van der Waals surface area (Å²) in [6.45, 7) is 5.07. The maximum absolute atomic E-state index is 11.9. The standard InChI is InChI=1S/C36H66O2/c1-3-5-7-9-11-13-15-17-19-21-23-25-27-29-31-33-35-38-36(37)34-32-30-28-26-24-22-20-18-16-14-12-10-8-6-4-2/h5,7,11,13,17,19H,3-4,6,8-10,12,14-16,18,20-35H2,1-2H3/b7-5-,13-11-,19-17-. The topological polar surface area (TPSA) is 26.3 Å². The molecule has 2 nitrogen and oxygen atoms in total. The van der Waals surface area contributed by atoms with Crippen molar-refractivity contribution in [2.24, 2.45) is 0 Å². The molecule has 0 fully saturated rings. The first-order chi connectivity index (χ1) is 18.8. The molecule has 0 bridgehead atoms. The van der Waals surface area contributed by atoms with Gasteiger partial charge < -0.3 is 4.74 Å². The lowest BCUT2D eigenvalue weighted by Crippen LogP contribution is -2.05. The molecule has 0 aliphatic rings. The number of ether oxygens (including phenoxy) is 1. The summed E-state index contributed by atoms with van der Waals surface area (Å²) < 4.78 is 5.42. The predicted molar refractivity (Wildman–Crippen MR) is 170 cm³/mol. The van der Waals surface area contributed by atoms with Crippen LogP contribution in [0.15, 0.2) is 36.5 Å². The van der Waals surface area contributed by atoms with E-state index >= 15 is 0 Å². The van der Waals surface area contributed by atoms with E-state index in [2.05, 4.69) is 50.3 Å². The molecule has 0 atom stereocenters. The van der Waals surface area contributed by atoms with Crippen LogP contribution in [-0.4, -0.2) is 12.6 Å². The van der Waals surface area contributed by atoms with E-state index in [-0.39, 0.29) is 5.97 Å². The smallest absolute Gasteiger partial charge is 0.305 e. The van der Waals surface area contributed by atoms with Gasteiger partial charge in [0.05, 0.1) is 6.61 Å². The van der Waals surface area contributed by atoms with Crippen molar-refractivity contribution in [1.29, 1.82) is 0 Å². The monoisotopic (exact) mass is 531 g/mol. The fraction of sp³-hybridized carbons (Fsp3) is 0.806. The van der Waals surface area contributed by atoms with E-state index < -0.39 is 0 Å². The lowest BCUT2D eigenvalue weighted by Gasteiger charge is -2.05. The van der Waals surface area contributed by atoms with E-state index in [1.54, 1.807) is 0 Å². The summed E-state index contributed by atoms with van der Waals surface area (Å²) in [6.07, 6.45) is 46.3. The molecule has 0 aliphatic heterocycles. The summed E-state index contributed by atoms with van der Waals surface area (Å²) in [5, 5.41) is 0. The molecule has 0 rings (SSSR count). The number of rotatable bonds is 30. The van der Waals surface area contributed by atoms with Crippen LogP contribution in [0.4, 0.5) is 0 Å². The number of hydrogen-bond acceptors (Lipinski definition) is 2. The lowest BCUT2D eigenvalue weighted by atomic mass is 10.0. The number of carbonyl (C=O) groups is 1. The summed E-state index contributed by atoms with van der Waals surface area (Å²) in [4.78, 5) is 11.9. The fourth-order valence-electron chi connectivity index (χ4n) is 4.80. The third-order valence-electron chi connectivity index (χ3n) is 7.29. The van der Waals surface area contributed by atoms with Crippen molar-refractivity contribution >= 4 is 5.97 Å². The Balaban J connectivity index is 3.23. The summed E-state index contributed by atoms with van der Waals surface area (Å²) >= 11 is 0. The van der Waals surface area contributed by atoms with Crippen molar-refractivity contribution in [1.82, 2.24) is 0 Å². The molecule has 222 valence electrons. The van der Waals surface area contributed by atoms with Crippen molar-refractivity contribution < 1.29 is 9.53 Å². The Bertz CT molecular complexity index is 546. The number of carbonyl (C=O) groups excluding carboxylic acids is 1. The summed E-state index contributed by atoms with van der Waals surface area (Å²) in [5.74, 6) is 0.0127. The molecular weight excluding hydrogens is 464 g/mol. The molecule has 0 unspecified atom stereocenters. The molecule has 0 aliphatic carbocycles. The van der Waals surface area contributed by atoms with Gasteiger partial charge in [0, 0.05) is 6.42 Å². The van der Waals surface area contributed by atoms with Crippen LogP contribution in [0.2, 0.25) is 0 Å². The van der Waals surface area contributed by atoms with Crippen molar-refractivity contribution in [3.8, 4) is 0 Å². The zero-order chi connectivity index (χ0) is 27.6. The summed E-state index contributed by atoms with van der Waals surface area (Å²) in [6, 6.07) is 0. The molecule has 0 amide bonds. The highest BCUT2D eigenvalue weighted by Gasteiger charge is 2.02. The highest BCUT2D eigenvalue weighted by Crippen LogP contribution is 2.14. The van der Waals surface area contributed by atoms with Gasteiger partial charge in [-0.1, -0.05) is 166 Å². The van der Waals surface area contributed by atoms with Crippen LogP contribution in [0.5, 0.6) is 0 Å². The SMILES string of the molecule is CC/C=C\C/C=C\C/C=C\CCCCCCCCOC(=O)CCCCCCCCCCCCCCCCC. The molecule has 0 heterocycles. The van der Waals surface area contributed by atoms with Gasteiger partial charge in [-0.05, 0) is 44.9 Å². The van der Waals surface area contributed by atoms with E-state index in [1.165, 1.54) is 128 Å². The maximum Gasteiger partial charge on any atom is 0.305 e. The average molecular weight is 531 g/mol. The molecule has 0 aromatic rings. The van der Waals surface area contributed by atoms with Crippen molar-refractivity contribution in [2.45, 2.75) is 181 Å². The van der Waals surface area contributed by atoms with Gasteiger partial charge in [-0.3, -0.25) is 4.79 Å². The fourth-order valence-corrected chi connectivity index (χ4v) is 4.80. The molecule has 0 spiro atoms. The van der Waals surface area contributed by atoms with Gasteiger partial charge in [0.1, 0.15) is 0 Å². The van der Waals surface area contributed by atoms with E-state index in [0.29, 0.717) is 13.0 Å². The van der Waals surface area contributed by atoms with Gasteiger partial charge in [0.2, 0.25) is 0 Å². The maximum atomic E-state index is 11.9. The molecule has 0 aromatic carbocycles. The van der Waals surface area contributed by atoms with Crippen molar-refractivity contribution in [3.63, 3.8) is 0 Å². The van der Waals surface area contributed by atoms with Crippen molar-refractivity contribution in [2.75, 3.05) is 6.61 Å². The number of hydrogen-bond donors (Lipinski definition) is 0. The normalized spacial score (nSPS) is 11.9. The van der Waals surface area contributed by atoms with E-state index in [4.69, 9.17) is 4.74 Å². The summed E-state index contributed by atoms with van der Waals surface area (Å²) in [7, 11) is 0. The highest BCUT2D eigenvalue weighted by atomic mass is 16.5. The minimum Gasteiger partial charge on any atom is -0.466 e. The first-order valence-electron chi connectivity index (χ1n) is 16.9. The zero-order valence-electron chi connectivity index (χ0n) is 25.9. The average Bonchev–Trinajstić information content (AvgIpc) is 2.92. The Morgan fingerprint density at radius 2 is 0.895 bits per heavy atom. The van der Waals surface area contributed by atoms with Gasteiger partial charge in [-0.2, -0.15) is 0 Å². The Morgan fingerprint density at radius 1 is 0.474 bits per heavy atom. The Hall–Kier alpha value is -1.31. The van der Waals surface area contributed by atoms with Gasteiger partial charge in [0.15, 0.2) is 0 Å². The van der Waals surface area contributed by atoms with E-state index in [9.17, 15) is 4.79 Å². The van der Waals surface area contributed by atoms with E-state index in [0.717, 1.165) is 32.1 Å². The minimum absolute atomic E-state index is 0.0127. The van der Waals surface area contributed by atoms with Gasteiger partial charge in [-0.25, -0.2) is 0 Å². The van der Waals surface area contributed by atoms with Crippen LogP contribution in [0.1, 0.15) is 181 Å². The predicted octanol–water partition coefficient (Wildman–Crippen LogP) is 12.4. The van der Waals surface area contributed by atoms with Crippen molar-refractivity contribution in [3.05, 3.63) is 36.5 Å². The lowest BCUT2D eigenvalue weighted by molar-refractivity contribution is -0.143. The Morgan fingerprint density at radius 3 is 1.42 bits per heavy atom. The van der Waals surface area contributed by atoms with E-state index in [1.807, 2.05) is 0 Å². The van der Waals surface area contributed by atoms with Gasteiger partial charge in [0.25, 0.3) is 0 Å². The first kappa shape index (κ1) is 36.7. The van der Waals surface area contributed by atoms with Crippen LogP contribution in [0, 0.1) is 0 Å². The number of esters is 1. The van der Waals surface area contributed by atoms with Crippen LogP contribution in [0.25, 0.3) is 0 Å². The largest absolute Gasteiger partial charge is 0.466 e. The van der Waals surface area contributed by atoms with Crippen LogP contribution >= 0.6 is 0 Å². The molecule has 2 heteroatoms. The number of allylic oxidation sites excluding steroid dienone is 6. The molecule has 0 radical (unpaired) electrons. The highest BCUT2D eigenvalue weighted by molar-refractivity contribution is 5.69. The second-order valence-electron chi connectivity index (χ2n) is 11.1. The Kier molecular flexibility index (Phi) is 32.6. The number of unbranched alkanes of at least 4 members (excludes halogenated alkanes) is 20. The minimum atomic E-state index is 0.0127. The second kappa shape index (κ2) is 33.7. The third-order valence-corrected chi connectivity index (χ3v) is 7.29. The first-order valence-corrected chi connectivity index (χ1v) is 16.9. The molecule has 0 aromatic heterocycles. The molecule has 0 saturated carbocycles. The molecule has 0 saturated heterocycles. The molecule has 0 N–H and O–H groups in total. The van der Waals surface area contributed by atoms with Crippen LogP contribution in [-0.2, 0) is 9.53 Å². The van der Waals surface area contributed by atoms with Gasteiger partial charge >= 0.3 is 5.97 Å². The molecular formula is C36H66O2. The summed E-state index contributed by atoms with van der Waals surface area (Å²) in [5.41, 5.74) is 0. The zero-order valence-corrected chi connectivity index (χ0v) is 25.9. The van der Waals surface area contributed by atoms with Gasteiger partial charge in [-0.15, -0.1) is 0 Å². The quantitative estimate of drug-likeness (QED) is 0.0524. The molecule has 38 heavy (non-hydrogen) atoms. The Labute approximate surface area is 239 Å². The van der Waals surface area contributed by atoms with Crippen LogP contribution < -0.4 is 0 Å². The third kappa shape index (κ3) is 32.7.